The minimum Gasteiger partial charge on any atom is -0.465 e. The number of carbonyl (C=O) groups excluding carboxylic acids is 3. The SMILES string of the molecule is COC(=O)c1c(-c2ccc(Cl)cc2)csc1NC(=O)CCCC(=O)c1ccccc1. The lowest BCUT2D eigenvalue weighted by Gasteiger charge is -2.08. The number of hydrogen-bond acceptors (Lipinski definition) is 5. The van der Waals surface area contributed by atoms with Crippen molar-refractivity contribution in [2.45, 2.75) is 19.3 Å². The van der Waals surface area contributed by atoms with E-state index in [1.807, 2.05) is 18.2 Å². The fourth-order valence-electron chi connectivity index (χ4n) is 2.96. The van der Waals surface area contributed by atoms with E-state index in [1.54, 1.807) is 41.8 Å². The summed E-state index contributed by atoms with van der Waals surface area (Å²) in [6.45, 7) is 0. The Bertz CT molecular complexity index is 1040. The minimum atomic E-state index is -0.532. The van der Waals surface area contributed by atoms with Gasteiger partial charge in [0.25, 0.3) is 0 Å². The van der Waals surface area contributed by atoms with E-state index >= 15 is 0 Å². The van der Waals surface area contributed by atoms with Gasteiger partial charge >= 0.3 is 5.97 Å². The average Bonchev–Trinajstić information content (AvgIpc) is 3.17. The number of hydrogen-bond donors (Lipinski definition) is 1. The van der Waals surface area contributed by atoms with E-state index in [9.17, 15) is 14.4 Å². The van der Waals surface area contributed by atoms with Crippen molar-refractivity contribution < 1.29 is 19.1 Å². The maximum atomic E-state index is 12.4. The summed E-state index contributed by atoms with van der Waals surface area (Å²) in [4.78, 5) is 36.9. The highest BCUT2D eigenvalue weighted by Gasteiger charge is 2.22. The summed E-state index contributed by atoms with van der Waals surface area (Å²) in [6, 6.07) is 16.1. The van der Waals surface area contributed by atoms with Crippen LogP contribution in [0.1, 0.15) is 40.0 Å². The minimum absolute atomic E-state index is 0.000187. The molecule has 0 spiro atoms. The van der Waals surface area contributed by atoms with Gasteiger partial charge in [0.05, 0.1) is 7.11 Å². The Morgan fingerprint density at radius 1 is 1.00 bits per heavy atom. The number of ether oxygens (including phenoxy) is 1. The van der Waals surface area contributed by atoms with Crippen LogP contribution in [0.4, 0.5) is 5.00 Å². The molecule has 2 aromatic carbocycles. The van der Waals surface area contributed by atoms with Crippen molar-refractivity contribution >= 4 is 45.6 Å². The summed E-state index contributed by atoms with van der Waals surface area (Å²) in [5, 5.41) is 5.59. The van der Waals surface area contributed by atoms with Gasteiger partial charge in [-0.3, -0.25) is 9.59 Å². The summed E-state index contributed by atoms with van der Waals surface area (Å²) in [7, 11) is 1.30. The van der Waals surface area contributed by atoms with Crippen LogP contribution in [0.3, 0.4) is 0 Å². The molecular formula is C23H20ClNO4S. The highest BCUT2D eigenvalue weighted by atomic mass is 35.5. The third kappa shape index (κ3) is 5.34. The Balaban J connectivity index is 1.67. The number of carbonyl (C=O) groups is 3. The van der Waals surface area contributed by atoms with E-state index in [1.165, 1.54) is 18.4 Å². The third-order valence-corrected chi connectivity index (χ3v) is 5.64. The molecule has 0 bridgehead atoms. The molecule has 1 aromatic heterocycles. The summed E-state index contributed by atoms with van der Waals surface area (Å²) >= 11 is 7.19. The van der Waals surface area contributed by atoms with Crippen LogP contribution in [0.5, 0.6) is 0 Å². The van der Waals surface area contributed by atoms with Crippen molar-refractivity contribution in [2.24, 2.45) is 0 Å². The molecule has 3 aromatic rings. The average molecular weight is 442 g/mol. The molecule has 0 radical (unpaired) electrons. The molecule has 0 saturated heterocycles. The van der Waals surface area contributed by atoms with Crippen LogP contribution in [0.15, 0.2) is 60.0 Å². The van der Waals surface area contributed by atoms with Crippen LogP contribution in [0.25, 0.3) is 11.1 Å². The number of thiophene rings is 1. The van der Waals surface area contributed by atoms with E-state index in [0.717, 1.165) is 5.56 Å². The summed E-state index contributed by atoms with van der Waals surface area (Å²) in [6.07, 6.45) is 0.873. The molecule has 0 fully saturated rings. The van der Waals surface area contributed by atoms with Crippen LogP contribution < -0.4 is 5.32 Å². The first-order valence-corrected chi connectivity index (χ1v) is 10.6. The maximum Gasteiger partial charge on any atom is 0.341 e. The molecule has 1 heterocycles. The molecule has 0 aliphatic heterocycles. The smallest absolute Gasteiger partial charge is 0.341 e. The van der Waals surface area contributed by atoms with Gasteiger partial charge in [-0.25, -0.2) is 4.79 Å². The van der Waals surface area contributed by atoms with Crippen molar-refractivity contribution in [3.05, 3.63) is 76.1 Å². The fraction of sp³-hybridized carbons (Fsp3) is 0.174. The zero-order valence-corrected chi connectivity index (χ0v) is 17.9. The number of halogens is 1. The van der Waals surface area contributed by atoms with E-state index in [2.05, 4.69) is 5.32 Å². The first kappa shape index (κ1) is 21.7. The van der Waals surface area contributed by atoms with E-state index < -0.39 is 5.97 Å². The summed E-state index contributed by atoms with van der Waals surface area (Å²) in [5.74, 6) is -0.791. The van der Waals surface area contributed by atoms with Gasteiger partial charge in [-0.1, -0.05) is 54.1 Å². The number of anilines is 1. The van der Waals surface area contributed by atoms with Crippen LogP contribution in [-0.2, 0) is 9.53 Å². The van der Waals surface area contributed by atoms with Crippen molar-refractivity contribution in [1.29, 1.82) is 0 Å². The molecule has 0 saturated carbocycles. The summed E-state index contributed by atoms with van der Waals surface area (Å²) in [5.41, 5.74) is 2.40. The monoisotopic (exact) mass is 441 g/mol. The van der Waals surface area contributed by atoms with Crippen LogP contribution in [-0.4, -0.2) is 24.8 Å². The Hall–Kier alpha value is -2.96. The van der Waals surface area contributed by atoms with E-state index in [4.69, 9.17) is 16.3 Å². The fourth-order valence-corrected chi connectivity index (χ4v) is 4.06. The number of amides is 1. The Morgan fingerprint density at radius 2 is 1.70 bits per heavy atom. The van der Waals surface area contributed by atoms with E-state index in [0.29, 0.717) is 33.1 Å². The molecule has 1 N–H and O–H groups in total. The molecule has 0 aliphatic carbocycles. The topological polar surface area (TPSA) is 72.5 Å². The lowest BCUT2D eigenvalue weighted by Crippen LogP contribution is -2.14. The van der Waals surface area contributed by atoms with Gasteiger partial charge in [-0.15, -0.1) is 11.3 Å². The molecule has 30 heavy (non-hydrogen) atoms. The van der Waals surface area contributed by atoms with Crippen LogP contribution in [0, 0.1) is 0 Å². The lowest BCUT2D eigenvalue weighted by atomic mass is 10.0. The Kier molecular flexibility index (Phi) is 7.38. The molecule has 0 aliphatic rings. The molecule has 0 unspecified atom stereocenters. The molecule has 7 heteroatoms. The predicted octanol–water partition coefficient (Wildman–Crippen LogP) is 5.85. The molecular weight excluding hydrogens is 422 g/mol. The van der Waals surface area contributed by atoms with Gasteiger partial charge in [0.1, 0.15) is 10.6 Å². The number of nitrogens with one attached hydrogen (secondary N) is 1. The number of esters is 1. The van der Waals surface area contributed by atoms with E-state index in [-0.39, 0.29) is 24.5 Å². The molecule has 0 atom stereocenters. The highest BCUT2D eigenvalue weighted by molar-refractivity contribution is 7.15. The van der Waals surface area contributed by atoms with Crippen LogP contribution >= 0.6 is 22.9 Å². The number of ketones is 1. The van der Waals surface area contributed by atoms with Crippen molar-refractivity contribution in [3.63, 3.8) is 0 Å². The molecule has 154 valence electrons. The maximum absolute atomic E-state index is 12.4. The number of methoxy groups -OCH3 is 1. The van der Waals surface area contributed by atoms with Crippen LogP contribution in [0.2, 0.25) is 5.02 Å². The summed E-state index contributed by atoms with van der Waals surface area (Å²) < 4.78 is 4.91. The normalized spacial score (nSPS) is 10.5. The number of benzene rings is 2. The third-order valence-electron chi connectivity index (χ3n) is 4.49. The van der Waals surface area contributed by atoms with Gasteiger partial charge in [0, 0.05) is 34.4 Å². The second-order valence-electron chi connectivity index (χ2n) is 6.54. The van der Waals surface area contributed by atoms with Gasteiger partial charge < -0.3 is 10.1 Å². The first-order chi connectivity index (χ1) is 14.5. The second-order valence-corrected chi connectivity index (χ2v) is 7.86. The van der Waals surface area contributed by atoms with Crippen molar-refractivity contribution in [1.82, 2.24) is 0 Å². The number of rotatable bonds is 8. The van der Waals surface area contributed by atoms with Gasteiger partial charge in [0.2, 0.25) is 5.91 Å². The van der Waals surface area contributed by atoms with Crippen molar-refractivity contribution in [3.8, 4) is 11.1 Å². The van der Waals surface area contributed by atoms with Crippen molar-refractivity contribution in [2.75, 3.05) is 12.4 Å². The predicted molar refractivity (Wildman–Crippen MR) is 119 cm³/mol. The zero-order chi connectivity index (χ0) is 21.5. The largest absolute Gasteiger partial charge is 0.465 e. The quantitative estimate of drug-likeness (QED) is 0.351. The first-order valence-electron chi connectivity index (χ1n) is 9.33. The van der Waals surface area contributed by atoms with Gasteiger partial charge in [-0.2, -0.15) is 0 Å². The Morgan fingerprint density at radius 3 is 2.37 bits per heavy atom. The van der Waals surface area contributed by atoms with Gasteiger partial charge in [0.15, 0.2) is 5.78 Å². The Labute approximate surface area is 183 Å². The standard InChI is InChI=1S/C23H20ClNO4S/c1-29-23(28)21-18(15-10-12-17(24)13-11-15)14-30-22(21)25-20(27)9-5-8-19(26)16-6-3-2-4-7-16/h2-4,6-7,10-14H,5,8-9H2,1H3,(H,25,27). The highest BCUT2D eigenvalue weighted by Crippen LogP contribution is 2.36. The zero-order valence-electron chi connectivity index (χ0n) is 16.3. The second kappa shape index (κ2) is 10.2. The van der Waals surface area contributed by atoms with Gasteiger partial charge in [-0.05, 0) is 24.1 Å². The molecule has 3 rings (SSSR count). The lowest BCUT2D eigenvalue weighted by molar-refractivity contribution is -0.116. The molecule has 5 nitrogen and oxygen atoms in total. The number of Topliss-reactive ketones (excluding diaryl/α,β-unsaturated/α-hetero) is 1. The molecule has 1 amide bonds.